The molecule has 0 bridgehead atoms. The molecule has 0 aliphatic carbocycles. The highest BCUT2D eigenvalue weighted by molar-refractivity contribution is 5.96. The second-order valence-corrected chi connectivity index (χ2v) is 13.2. The SMILES string of the molecule is COC(=O)c1c(CCCC(C)(C)CCCC(C)(C)CCCC(C)C)oc2c(C)c(C)c(OC)c(C)c2c1=O. The van der Waals surface area contributed by atoms with Crippen LogP contribution in [0.15, 0.2) is 9.21 Å². The molecule has 2 aromatic rings. The van der Waals surface area contributed by atoms with E-state index in [1.54, 1.807) is 7.11 Å². The molecule has 0 radical (unpaired) electrons. The van der Waals surface area contributed by atoms with E-state index in [0.717, 1.165) is 36.3 Å². The van der Waals surface area contributed by atoms with Crippen LogP contribution in [0.2, 0.25) is 0 Å². The number of carbonyl (C=O) groups is 1. The minimum atomic E-state index is -0.647. The summed E-state index contributed by atoms with van der Waals surface area (Å²) in [4.78, 5) is 26.3. The lowest BCUT2D eigenvalue weighted by molar-refractivity contribution is 0.0595. The minimum absolute atomic E-state index is 0.00867. The normalized spacial score (nSPS) is 12.4. The number of methoxy groups -OCH3 is 2. The lowest BCUT2D eigenvalue weighted by Gasteiger charge is -2.29. The van der Waals surface area contributed by atoms with E-state index in [2.05, 4.69) is 41.5 Å². The van der Waals surface area contributed by atoms with Gasteiger partial charge in [-0.25, -0.2) is 4.79 Å². The molecule has 38 heavy (non-hydrogen) atoms. The molecule has 0 aliphatic rings. The van der Waals surface area contributed by atoms with Gasteiger partial charge in [0.25, 0.3) is 0 Å². The van der Waals surface area contributed by atoms with E-state index in [-0.39, 0.29) is 16.4 Å². The van der Waals surface area contributed by atoms with Crippen molar-refractivity contribution in [1.82, 2.24) is 0 Å². The van der Waals surface area contributed by atoms with Crippen LogP contribution < -0.4 is 10.2 Å². The summed E-state index contributed by atoms with van der Waals surface area (Å²) in [5, 5.41) is 0.394. The van der Waals surface area contributed by atoms with Crippen LogP contribution in [0.5, 0.6) is 5.75 Å². The number of carbonyl (C=O) groups excluding carboxylic acids is 1. The predicted molar refractivity (Wildman–Crippen MR) is 158 cm³/mol. The largest absolute Gasteiger partial charge is 0.496 e. The summed E-state index contributed by atoms with van der Waals surface area (Å²) in [5.41, 5.74) is 3.23. The molecule has 0 spiro atoms. The Morgan fingerprint density at radius 1 is 0.842 bits per heavy atom. The van der Waals surface area contributed by atoms with Gasteiger partial charge < -0.3 is 13.9 Å². The molecule has 0 fully saturated rings. The standard InChI is InChI=1S/C33H52O5/c1-21(2)15-12-17-32(6,7)19-14-20-33(8,9)18-13-16-25-27(31(35)37-11)28(34)26-24(5)29(36-10)22(3)23(4)30(26)38-25/h21H,12-20H2,1-11H3. The van der Waals surface area contributed by atoms with Crippen molar-refractivity contribution in [2.24, 2.45) is 16.7 Å². The van der Waals surface area contributed by atoms with Gasteiger partial charge in [0.05, 0.1) is 19.6 Å². The van der Waals surface area contributed by atoms with Crippen molar-refractivity contribution in [3.05, 3.63) is 38.2 Å². The van der Waals surface area contributed by atoms with Crippen molar-refractivity contribution in [3.8, 4) is 5.75 Å². The molecular weight excluding hydrogens is 476 g/mol. The minimum Gasteiger partial charge on any atom is -0.496 e. The van der Waals surface area contributed by atoms with E-state index < -0.39 is 5.97 Å². The Labute approximate surface area is 230 Å². The van der Waals surface area contributed by atoms with Crippen LogP contribution in [-0.4, -0.2) is 20.2 Å². The topological polar surface area (TPSA) is 65.7 Å². The van der Waals surface area contributed by atoms with Crippen LogP contribution in [0.3, 0.4) is 0 Å². The van der Waals surface area contributed by atoms with Crippen molar-refractivity contribution in [1.29, 1.82) is 0 Å². The molecule has 1 heterocycles. The van der Waals surface area contributed by atoms with E-state index in [9.17, 15) is 9.59 Å². The molecule has 0 saturated heterocycles. The highest BCUT2D eigenvalue weighted by atomic mass is 16.5. The van der Waals surface area contributed by atoms with E-state index in [4.69, 9.17) is 13.9 Å². The maximum absolute atomic E-state index is 13.6. The lowest BCUT2D eigenvalue weighted by atomic mass is 9.77. The van der Waals surface area contributed by atoms with Crippen LogP contribution in [0.25, 0.3) is 11.0 Å². The smallest absolute Gasteiger partial charge is 0.345 e. The van der Waals surface area contributed by atoms with Crippen molar-refractivity contribution >= 4 is 16.9 Å². The number of aryl methyl sites for hydroxylation is 3. The summed E-state index contributed by atoms with van der Waals surface area (Å²) in [6.07, 6.45) is 9.83. The third kappa shape index (κ3) is 7.86. The van der Waals surface area contributed by atoms with Crippen molar-refractivity contribution in [3.63, 3.8) is 0 Å². The van der Waals surface area contributed by atoms with Gasteiger partial charge in [-0.05, 0) is 80.8 Å². The fraction of sp³-hybridized carbons (Fsp3) is 0.697. The maximum atomic E-state index is 13.6. The second kappa shape index (κ2) is 13.2. The van der Waals surface area contributed by atoms with Crippen LogP contribution in [0.1, 0.15) is 126 Å². The quantitative estimate of drug-likeness (QED) is 0.229. The fourth-order valence-electron chi connectivity index (χ4n) is 5.72. The number of hydrogen-bond acceptors (Lipinski definition) is 5. The molecule has 0 N–H and O–H groups in total. The van der Waals surface area contributed by atoms with E-state index >= 15 is 0 Å². The number of fused-ring (bicyclic) bond motifs is 1. The number of hydrogen-bond donors (Lipinski definition) is 0. The van der Waals surface area contributed by atoms with Gasteiger partial charge in [0.15, 0.2) is 0 Å². The number of esters is 1. The van der Waals surface area contributed by atoms with Crippen molar-refractivity contribution < 1.29 is 18.7 Å². The third-order valence-corrected chi connectivity index (χ3v) is 8.34. The summed E-state index contributed by atoms with van der Waals surface area (Å²) >= 11 is 0. The van der Waals surface area contributed by atoms with Gasteiger partial charge >= 0.3 is 5.97 Å². The molecule has 5 nitrogen and oxygen atoms in total. The van der Waals surface area contributed by atoms with E-state index in [1.165, 1.54) is 39.2 Å². The van der Waals surface area contributed by atoms with Gasteiger partial charge in [-0.3, -0.25) is 4.79 Å². The van der Waals surface area contributed by atoms with Gasteiger partial charge in [-0.2, -0.15) is 0 Å². The Hall–Kier alpha value is -2.30. The first-order valence-corrected chi connectivity index (χ1v) is 14.4. The molecule has 0 atom stereocenters. The third-order valence-electron chi connectivity index (χ3n) is 8.34. The summed E-state index contributed by atoms with van der Waals surface area (Å²) < 4.78 is 16.9. The highest BCUT2D eigenvalue weighted by Gasteiger charge is 2.27. The van der Waals surface area contributed by atoms with Crippen LogP contribution >= 0.6 is 0 Å². The molecule has 214 valence electrons. The van der Waals surface area contributed by atoms with E-state index in [1.807, 2.05) is 20.8 Å². The fourth-order valence-corrected chi connectivity index (χ4v) is 5.72. The predicted octanol–water partition coefficient (Wildman–Crippen LogP) is 8.89. The van der Waals surface area contributed by atoms with Gasteiger partial charge in [-0.1, -0.05) is 60.8 Å². The molecule has 0 saturated carbocycles. The molecular formula is C33H52O5. The zero-order chi connectivity index (χ0) is 28.8. The molecule has 1 aromatic heterocycles. The lowest BCUT2D eigenvalue weighted by Crippen LogP contribution is -2.21. The summed E-state index contributed by atoms with van der Waals surface area (Å²) in [6, 6.07) is 0. The zero-order valence-electron chi connectivity index (χ0n) is 26.0. The maximum Gasteiger partial charge on any atom is 0.345 e. The summed E-state index contributed by atoms with van der Waals surface area (Å²) in [6.45, 7) is 19.8. The molecule has 0 amide bonds. The van der Waals surface area contributed by atoms with Crippen molar-refractivity contribution in [2.45, 2.75) is 120 Å². The monoisotopic (exact) mass is 528 g/mol. The summed E-state index contributed by atoms with van der Waals surface area (Å²) in [5.74, 6) is 1.20. The first-order chi connectivity index (χ1) is 17.7. The molecule has 0 unspecified atom stereocenters. The zero-order valence-corrected chi connectivity index (χ0v) is 26.0. The highest BCUT2D eigenvalue weighted by Crippen LogP contribution is 2.37. The Bertz CT molecular complexity index is 1170. The summed E-state index contributed by atoms with van der Waals surface area (Å²) in [7, 11) is 2.89. The second-order valence-electron chi connectivity index (χ2n) is 13.2. The number of ether oxygens (including phenoxy) is 2. The van der Waals surface area contributed by atoms with Crippen LogP contribution in [0.4, 0.5) is 0 Å². The Kier molecular flexibility index (Phi) is 11.1. The van der Waals surface area contributed by atoms with Crippen molar-refractivity contribution in [2.75, 3.05) is 14.2 Å². The Balaban J connectivity index is 2.18. The first-order valence-electron chi connectivity index (χ1n) is 14.4. The Morgan fingerprint density at radius 3 is 1.92 bits per heavy atom. The van der Waals surface area contributed by atoms with Crippen LogP contribution in [-0.2, 0) is 11.2 Å². The number of benzene rings is 1. The molecule has 2 rings (SSSR count). The Morgan fingerprint density at radius 2 is 1.39 bits per heavy atom. The van der Waals surface area contributed by atoms with Gasteiger partial charge in [0.2, 0.25) is 5.43 Å². The first kappa shape index (κ1) is 31.9. The number of rotatable bonds is 14. The average Bonchev–Trinajstić information content (AvgIpc) is 2.81. The average molecular weight is 529 g/mol. The molecule has 0 aliphatic heterocycles. The molecule has 1 aromatic carbocycles. The molecule has 5 heteroatoms. The van der Waals surface area contributed by atoms with Crippen LogP contribution in [0, 0.1) is 37.5 Å². The van der Waals surface area contributed by atoms with Gasteiger partial charge in [0, 0.05) is 12.0 Å². The van der Waals surface area contributed by atoms with E-state index in [0.29, 0.717) is 39.9 Å². The van der Waals surface area contributed by atoms with Gasteiger partial charge in [0.1, 0.15) is 22.7 Å². The van der Waals surface area contributed by atoms with Gasteiger partial charge in [-0.15, -0.1) is 0 Å².